The first-order valence-electron chi connectivity index (χ1n) is 8.54. The van der Waals surface area contributed by atoms with Gasteiger partial charge in [-0.25, -0.2) is 0 Å². The van der Waals surface area contributed by atoms with E-state index >= 15 is 0 Å². The van der Waals surface area contributed by atoms with Gasteiger partial charge in [-0.1, -0.05) is 76.7 Å². The zero-order valence-electron chi connectivity index (χ0n) is 13.9. The monoisotopic (exact) mass is 272 g/mol. The van der Waals surface area contributed by atoms with Crippen molar-refractivity contribution in [3.05, 3.63) is 23.8 Å². The Bertz CT molecular complexity index is 373. The molecule has 1 fully saturated rings. The highest BCUT2D eigenvalue weighted by atomic mass is 14.4. The van der Waals surface area contributed by atoms with E-state index in [1.54, 1.807) is 5.57 Å². The number of unbranched alkanes of at least 4 members (excludes halogenated alkanes) is 4. The lowest BCUT2D eigenvalue weighted by molar-refractivity contribution is 0.266. The summed E-state index contributed by atoms with van der Waals surface area (Å²) in [6, 6.07) is 0. The van der Waals surface area contributed by atoms with E-state index in [1.165, 1.54) is 38.5 Å². The minimum absolute atomic E-state index is 0.613. The molecule has 0 N–H and O–H groups in total. The molecule has 1 saturated carbocycles. The van der Waals surface area contributed by atoms with Crippen LogP contribution in [0.2, 0.25) is 0 Å². The summed E-state index contributed by atoms with van der Waals surface area (Å²) in [5.41, 5.74) is 1.61. The van der Waals surface area contributed by atoms with Crippen LogP contribution in [0, 0.1) is 29.6 Å². The van der Waals surface area contributed by atoms with E-state index < -0.39 is 0 Å². The Balaban J connectivity index is 2.47. The van der Waals surface area contributed by atoms with Gasteiger partial charge in [0.05, 0.1) is 0 Å². The van der Waals surface area contributed by atoms with Crippen LogP contribution in [-0.4, -0.2) is 0 Å². The first kappa shape index (κ1) is 17.1. The number of rotatable bonds is 7. The number of hydrogen-bond donors (Lipinski definition) is 0. The summed E-state index contributed by atoms with van der Waals surface area (Å²) in [4.78, 5) is 0. The molecule has 112 valence electrons. The normalized spacial score (nSPS) is 23.9. The lowest BCUT2D eigenvalue weighted by Gasteiger charge is -2.39. The van der Waals surface area contributed by atoms with Gasteiger partial charge >= 0.3 is 0 Å². The molecule has 0 aromatic rings. The van der Waals surface area contributed by atoms with Crippen LogP contribution in [0.5, 0.6) is 0 Å². The molecular weight excluding hydrogens is 240 g/mol. The highest BCUT2D eigenvalue weighted by Gasteiger charge is 2.36. The highest BCUT2D eigenvalue weighted by Crippen LogP contribution is 2.44. The van der Waals surface area contributed by atoms with Crippen LogP contribution in [0.4, 0.5) is 0 Å². The third-order valence-electron chi connectivity index (χ3n) is 4.13. The van der Waals surface area contributed by atoms with Crippen LogP contribution in [-0.2, 0) is 0 Å². The smallest absolute Gasteiger partial charge is 0.0308 e. The van der Waals surface area contributed by atoms with Crippen molar-refractivity contribution in [3.8, 4) is 11.8 Å². The summed E-state index contributed by atoms with van der Waals surface area (Å²) >= 11 is 0. The minimum atomic E-state index is 0.613. The van der Waals surface area contributed by atoms with Crippen LogP contribution in [0.1, 0.15) is 72.6 Å². The van der Waals surface area contributed by atoms with Crippen molar-refractivity contribution in [1.29, 1.82) is 0 Å². The van der Waals surface area contributed by atoms with Crippen molar-refractivity contribution in [2.24, 2.45) is 17.8 Å². The second-order valence-corrected chi connectivity index (χ2v) is 6.32. The average molecular weight is 272 g/mol. The zero-order chi connectivity index (χ0) is 14.8. The Morgan fingerprint density at radius 2 is 2.00 bits per heavy atom. The predicted molar refractivity (Wildman–Crippen MR) is 90.5 cm³/mol. The van der Waals surface area contributed by atoms with Gasteiger partial charge in [0.15, 0.2) is 0 Å². The molecular formula is C20H32. The van der Waals surface area contributed by atoms with E-state index in [0.717, 1.165) is 6.42 Å². The van der Waals surface area contributed by atoms with Crippen molar-refractivity contribution in [2.75, 3.05) is 0 Å². The minimum Gasteiger partial charge on any atom is -0.103 e. The molecule has 0 spiro atoms. The molecule has 1 aliphatic rings. The first-order valence-corrected chi connectivity index (χ1v) is 8.54. The van der Waals surface area contributed by atoms with E-state index in [-0.39, 0.29) is 0 Å². The molecule has 20 heavy (non-hydrogen) atoms. The predicted octanol–water partition coefficient (Wildman–Crippen LogP) is 6.14. The number of hydrogen-bond acceptors (Lipinski definition) is 0. The van der Waals surface area contributed by atoms with E-state index in [2.05, 4.69) is 57.8 Å². The van der Waals surface area contributed by atoms with Gasteiger partial charge in [0.25, 0.3) is 0 Å². The summed E-state index contributed by atoms with van der Waals surface area (Å²) in [6.07, 6.45) is 15.5. The van der Waals surface area contributed by atoms with Gasteiger partial charge in [-0.2, -0.15) is 0 Å². The molecule has 0 aromatic carbocycles. The van der Waals surface area contributed by atoms with Gasteiger partial charge in [-0.3, -0.25) is 0 Å². The van der Waals surface area contributed by atoms with Gasteiger partial charge < -0.3 is 0 Å². The first-order chi connectivity index (χ1) is 9.70. The quantitative estimate of drug-likeness (QED) is 0.385. The summed E-state index contributed by atoms with van der Waals surface area (Å²) in [5.74, 6) is 8.96. The highest BCUT2D eigenvalue weighted by molar-refractivity contribution is 5.30. The molecule has 2 unspecified atom stereocenters. The Hall–Kier alpha value is -0.960. The molecule has 0 aliphatic heterocycles. The third kappa shape index (κ3) is 5.58. The fourth-order valence-corrected chi connectivity index (χ4v) is 2.95. The third-order valence-corrected chi connectivity index (χ3v) is 4.13. The van der Waals surface area contributed by atoms with E-state index in [4.69, 9.17) is 0 Å². The van der Waals surface area contributed by atoms with Gasteiger partial charge in [0, 0.05) is 12.3 Å². The van der Waals surface area contributed by atoms with Crippen molar-refractivity contribution in [1.82, 2.24) is 0 Å². The molecule has 0 nitrogen and oxygen atoms in total. The van der Waals surface area contributed by atoms with Gasteiger partial charge in [0.1, 0.15) is 0 Å². The summed E-state index contributed by atoms with van der Waals surface area (Å²) in [6.45, 7) is 9.14. The summed E-state index contributed by atoms with van der Waals surface area (Å²) < 4.78 is 0. The fraction of sp³-hybridized carbons (Fsp3) is 0.700. The number of allylic oxidation sites excluding steroid dienone is 4. The maximum atomic E-state index is 3.53. The van der Waals surface area contributed by atoms with Crippen LogP contribution in [0.15, 0.2) is 23.8 Å². The SMILES string of the molecule is CCCC=CC=C1CC(C#CCCCCC)C1C(C)C. The molecule has 0 saturated heterocycles. The second kappa shape index (κ2) is 9.87. The van der Waals surface area contributed by atoms with E-state index in [9.17, 15) is 0 Å². The van der Waals surface area contributed by atoms with Crippen LogP contribution < -0.4 is 0 Å². The Kier molecular flexibility index (Phi) is 8.43. The molecule has 0 amide bonds. The average Bonchev–Trinajstić information content (AvgIpc) is 2.38. The Labute approximate surface area is 126 Å². The maximum absolute atomic E-state index is 3.53. The van der Waals surface area contributed by atoms with Crippen molar-refractivity contribution >= 4 is 0 Å². The van der Waals surface area contributed by atoms with Crippen molar-refractivity contribution in [2.45, 2.75) is 72.6 Å². The van der Waals surface area contributed by atoms with Gasteiger partial charge in [-0.15, -0.1) is 5.92 Å². The second-order valence-electron chi connectivity index (χ2n) is 6.32. The molecule has 1 aliphatic carbocycles. The van der Waals surface area contributed by atoms with Crippen LogP contribution in [0.3, 0.4) is 0 Å². The molecule has 0 radical (unpaired) electrons. The summed E-state index contributed by atoms with van der Waals surface area (Å²) in [7, 11) is 0. The zero-order valence-corrected chi connectivity index (χ0v) is 13.9. The molecule has 0 heteroatoms. The standard InChI is InChI=1S/C20H32/c1-5-7-9-11-13-15-19-16-18(20(19)17(3)4)14-12-10-8-6-2/h10,12,14,17,19-20H,5-9,11,16H2,1-4H3. The topological polar surface area (TPSA) is 0 Å². The molecule has 2 atom stereocenters. The molecule has 0 bridgehead atoms. The lowest BCUT2D eigenvalue weighted by Crippen LogP contribution is -2.32. The fourth-order valence-electron chi connectivity index (χ4n) is 2.95. The largest absolute Gasteiger partial charge is 0.103 e. The van der Waals surface area contributed by atoms with Crippen LogP contribution >= 0.6 is 0 Å². The molecule has 1 rings (SSSR count). The lowest BCUT2D eigenvalue weighted by atomic mass is 9.64. The molecule has 0 aromatic heterocycles. The summed E-state index contributed by atoms with van der Waals surface area (Å²) in [5, 5.41) is 0. The van der Waals surface area contributed by atoms with E-state index in [1.807, 2.05) is 0 Å². The molecule has 0 heterocycles. The van der Waals surface area contributed by atoms with Gasteiger partial charge in [-0.05, 0) is 31.1 Å². The Morgan fingerprint density at radius 3 is 2.65 bits per heavy atom. The maximum Gasteiger partial charge on any atom is 0.0308 e. The van der Waals surface area contributed by atoms with Gasteiger partial charge in [0.2, 0.25) is 0 Å². The van der Waals surface area contributed by atoms with Crippen molar-refractivity contribution < 1.29 is 0 Å². The Morgan fingerprint density at radius 1 is 1.20 bits per heavy atom. The van der Waals surface area contributed by atoms with Crippen LogP contribution in [0.25, 0.3) is 0 Å². The van der Waals surface area contributed by atoms with E-state index in [0.29, 0.717) is 17.8 Å². The van der Waals surface area contributed by atoms with Crippen molar-refractivity contribution in [3.63, 3.8) is 0 Å².